The predicted molar refractivity (Wildman–Crippen MR) is 69.6 cm³/mol. The Kier molecular flexibility index (Phi) is 3.51. The maximum Gasteiger partial charge on any atom is 0.337 e. The van der Waals surface area contributed by atoms with Crippen molar-refractivity contribution in [2.45, 2.75) is 6.92 Å². The van der Waals surface area contributed by atoms with Crippen LogP contribution in [0.15, 0.2) is 36.4 Å². The molecule has 0 unspecified atom stereocenters. The first-order valence-electron chi connectivity index (χ1n) is 5.71. The molecule has 2 aromatic rings. The molecule has 0 spiro atoms. The minimum Gasteiger partial charge on any atom is -0.508 e. The number of benzene rings is 2. The van der Waals surface area contributed by atoms with Crippen molar-refractivity contribution in [3.63, 3.8) is 0 Å². The molecule has 0 aliphatic carbocycles. The Morgan fingerprint density at radius 1 is 1.21 bits per heavy atom. The van der Waals surface area contributed by atoms with E-state index < -0.39 is 11.8 Å². The van der Waals surface area contributed by atoms with Crippen LogP contribution in [0.4, 0.5) is 4.39 Å². The van der Waals surface area contributed by atoms with Crippen LogP contribution in [0.1, 0.15) is 15.9 Å². The van der Waals surface area contributed by atoms with Gasteiger partial charge in [-0.25, -0.2) is 9.18 Å². The molecule has 2 aromatic carbocycles. The normalized spacial score (nSPS) is 10.3. The maximum absolute atomic E-state index is 13.8. The molecular formula is C15H13FO3. The van der Waals surface area contributed by atoms with Crippen LogP contribution in [0, 0.1) is 12.7 Å². The van der Waals surface area contributed by atoms with Crippen molar-refractivity contribution in [3.8, 4) is 16.9 Å². The van der Waals surface area contributed by atoms with Crippen molar-refractivity contribution in [1.82, 2.24) is 0 Å². The van der Waals surface area contributed by atoms with Gasteiger partial charge < -0.3 is 9.84 Å². The second kappa shape index (κ2) is 5.10. The smallest absolute Gasteiger partial charge is 0.337 e. The van der Waals surface area contributed by atoms with Crippen LogP contribution in [0.3, 0.4) is 0 Å². The van der Waals surface area contributed by atoms with Gasteiger partial charge in [-0.15, -0.1) is 0 Å². The summed E-state index contributed by atoms with van der Waals surface area (Å²) >= 11 is 0. The average molecular weight is 260 g/mol. The second-order valence-electron chi connectivity index (χ2n) is 4.19. The molecule has 0 saturated heterocycles. The van der Waals surface area contributed by atoms with Gasteiger partial charge in [0.05, 0.1) is 12.7 Å². The van der Waals surface area contributed by atoms with Crippen LogP contribution in [-0.4, -0.2) is 18.2 Å². The lowest BCUT2D eigenvalue weighted by Crippen LogP contribution is -2.01. The number of esters is 1. The highest BCUT2D eigenvalue weighted by atomic mass is 19.1. The highest BCUT2D eigenvalue weighted by Crippen LogP contribution is 2.28. The van der Waals surface area contributed by atoms with Gasteiger partial charge in [-0.1, -0.05) is 6.07 Å². The quantitative estimate of drug-likeness (QED) is 0.843. The molecule has 0 saturated carbocycles. The summed E-state index contributed by atoms with van der Waals surface area (Å²) in [5.41, 5.74) is 1.81. The maximum atomic E-state index is 13.8. The Hall–Kier alpha value is -2.36. The average Bonchev–Trinajstić information content (AvgIpc) is 2.41. The van der Waals surface area contributed by atoms with Crippen LogP contribution >= 0.6 is 0 Å². The summed E-state index contributed by atoms with van der Waals surface area (Å²) in [6.07, 6.45) is 0. The minimum atomic E-state index is -0.517. The second-order valence-corrected chi connectivity index (χ2v) is 4.19. The fraction of sp³-hybridized carbons (Fsp3) is 0.133. The first-order chi connectivity index (χ1) is 9.02. The first kappa shape index (κ1) is 13.1. The molecule has 1 N–H and O–H groups in total. The summed E-state index contributed by atoms with van der Waals surface area (Å²) in [5, 5.41) is 9.47. The number of hydrogen-bond acceptors (Lipinski definition) is 3. The molecule has 2 rings (SSSR count). The lowest BCUT2D eigenvalue weighted by Gasteiger charge is -2.08. The zero-order chi connectivity index (χ0) is 14.0. The lowest BCUT2D eigenvalue weighted by atomic mass is 10.0. The molecule has 0 radical (unpaired) electrons. The van der Waals surface area contributed by atoms with Gasteiger partial charge in [0.15, 0.2) is 0 Å². The fourth-order valence-electron chi connectivity index (χ4n) is 1.81. The Balaban J connectivity index is 2.54. The number of halogens is 1. The number of phenols is 1. The number of ether oxygens (including phenoxy) is 1. The van der Waals surface area contributed by atoms with Gasteiger partial charge in [-0.05, 0) is 48.4 Å². The monoisotopic (exact) mass is 260 g/mol. The van der Waals surface area contributed by atoms with E-state index in [1.807, 2.05) is 0 Å². The van der Waals surface area contributed by atoms with Gasteiger partial charge in [0.1, 0.15) is 11.6 Å². The number of phenolic OH excluding ortho intramolecular Hbond substituents is 1. The summed E-state index contributed by atoms with van der Waals surface area (Å²) in [6.45, 7) is 1.72. The van der Waals surface area contributed by atoms with E-state index in [1.54, 1.807) is 19.1 Å². The topological polar surface area (TPSA) is 46.5 Å². The van der Waals surface area contributed by atoms with Gasteiger partial charge in [0, 0.05) is 5.56 Å². The Morgan fingerprint density at radius 3 is 2.58 bits per heavy atom. The molecule has 0 atom stereocenters. The van der Waals surface area contributed by atoms with Crippen molar-refractivity contribution in [3.05, 3.63) is 53.3 Å². The third-order valence-corrected chi connectivity index (χ3v) is 2.90. The molecule has 0 heterocycles. The number of carbonyl (C=O) groups is 1. The van der Waals surface area contributed by atoms with Crippen molar-refractivity contribution in [1.29, 1.82) is 0 Å². The molecule has 98 valence electrons. The Labute approximate surface area is 110 Å². The number of carbonyl (C=O) groups excluding carboxylic acids is 1. The standard InChI is InChI=1S/C15H13FO3/c1-9-7-10(4-6-14(9)17)12-8-11(15(18)19-2)3-5-13(12)16/h3-8,17H,1-2H3. The molecule has 0 aliphatic rings. The van der Waals surface area contributed by atoms with Crippen LogP contribution in [0.2, 0.25) is 0 Å². The summed E-state index contributed by atoms with van der Waals surface area (Å²) in [6, 6.07) is 8.79. The predicted octanol–water partition coefficient (Wildman–Crippen LogP) is 3.29. The van der Waals surface area contributed by atoms with Crippen molar-refractivity contribution < 1.29 is 19.0 Å². The Bertz CT molecular complexity index is 635. The summed E-state index contributed by atoms with van der Waals surface area (Å²) in [5.74, 6) is -0.803. The third kappa shape index (κ3) is 2.57. The number of aryl methyl sites for hydroxylation is 1. The van der Waals surface area contributed by atoms with Crippen LogP contribution in [0.5, 0.6) is 5.75 Å². The fourth-order valence-corrected chi connectivity index (χ4v) is 1.81. The van der Waals surface area contributed by atoms with Gasteiger partial charge in [-0.2, -0.15) is 0 Å². The number of aromatic hydroxyl groups is 1. The highest BCUT2D eigenvalue weighted by Gasteiger charge is 2.12. The van der Waals surface area contributed by atoms with Gasteiger partial charge in [-0.3, -0.25) is 0 Å². The molecule has 0 fully saturated rings. The number of methoxy groups -OCH3 is 1. The molecule has 0 bridgehead atoms. The zero-order valence-electron chi connectivity index (χ0n) is 10.6. The van der Waals surface area contributed by atoms with E-state index >= 15 is 0 Å². The van der Waals surface area contributed by atoms with Gasteiger partial charge >= 0.3 is 5.97 Å². The summed E-state index contributed by atoms with van der Waals surface area (Å²) in [4.78, 5) is 11.4. The van der Waals surface area contributed by atoms with Gasteiger partial charge in [0.25, 0.3) is 0 Å². The van der Waals surface area contributed by atoms with Crippen LogP contribution < -0.4 is 0 Å². The van der Waals surface area contributed by atoms with Crippen molar-refractivity contribution in [2.75, 3.05) is 7.11 Å². The van der Waals surface area contributed by atoms with E-state index in [9.17, 15) is 14.3 Å². The summed E-state index contributed by atoms with van der Waals surface area (Å²) in [7, 11) is 1.27. The van der Waals surface area contributed by atoms with E-state index in [0.717, 1.165) is 0 Å². The number of hydrogen-bond donors (Lipinski definition) is 1. The molecule has 0 aliphatic heterocycles. The third-order valence-electron chi connectivity index (χ3n) is 2.90. The summed E-state index contributed by atoms with van der Waals surface area (Å²) < 4.78 is 18.4. The Morgan fingerprint density at radius 2 is 1.95 bits per heavy atom. The zero-order valence-corrected chi connectivity index (χ0v) is 10.6. The highest BCUT2D eigenvalue weighted by molar-refractivity contribution is 5.91. The molecule has 0 amide bonds. The largest absolute Gasteiger partial charge is 0.508 e. The molecule has 19 heavy (non-hydrogen) atoms. The van der Waals surface area contributed by atoms with Crippen LogP contribution in [-0.2, 0) is 4.74 Å². The van der Waals surface area contributed by atoms with Crippen molar-refractivity contribution in [2.24, 2.45) is 0 Å². The number of rotatable bonds is 2. The van der Waals surface area contributed by atoms with E-state index in [4.69, 9.17) is 0 Å². The first-order valence-corrected chi connectivity index (χ1v) is 5.71. The van der Waals surface area contributed by atoms with E-state index in [0.29, 0.717) is 16.7 Å². The lowest BCUT2D eigenvalue weighted by molar-refractivity contribution is 0.0600. The van der Waals surface area contributed by atoms with Crippen molar-refractivity contribution >= 4 is 5.97 Å². The van der Waals surface area contributed by atoms with Crippen LogP contribution in [0.25, 0.3) is 11.1 Å². The molecule has 4 heteroatoms. The van der Waals surface area contributed by atoms with E-state index in [-0.39, 0.29) is 11.3 Å². The molecule has 3 nitrogen and oxygen atoms in total. The molecule has 0 aromatic heterocycles. The minimum absolute atomic E-state index is 0.147. The van der Waals surface area contributed by atoms with Gasteiger partial charge in [0.2, 0.25) is 0 Å². The van der Waals surface area contributed by atoms with E-state index in [1.165, 1.54) is 31.4 Å². The molecular weight excluding hydrogens is 247 g/mol. The van der Waals surface area contributed by atoms with E-state index in [2.05, 4.69) is 4.74 Å². The SMILES string of the molecule is COC(=O)c1ccc(F)c(-c2ccc(O)c(C)c2)c1.